The Morgan fingerprint density at radius 3 is 2.89 bits per heavy atom. The van der Waals surface area contributed by atoms with Crippen molar-refractivity contribution in [1.82, 2.24) is 4.98 Å². The number of halogens is 1. The molecule has 0 N–H and O–H groups in total. The number of aromatic nitrogens is 1. The summed E-state index contributed by atoms with van der Waals surface area (Å²) < 4.78 is 11.1. The summed E-state index contributed by atoms with van der Waals surface area (Å²) in [6.45, 7) is 0. The quantitative estimate of drug-likeness (QED) is 0.529. The molecule has 1 heterocycles. The molecule has 0 aliphatic carbocycles. The molecule has 0 amide bonds. The second-order valence-corrected chi connectivity index (χ2v) is 1.36. The molecule has 0 atom stereocenters. The van der Waals surface area contributed by atoms with Gasteiger partial charge in [0.2, 0.25) is 0 Å². The van der Waals surface area contributed by atoms with Crippen molar-refractivity contribution in [3.8, 4) is 0 Å². The maximum atomic E-state index is 11.1. The highest BCUT2D eigenvalue weighted by molar-refractivity contribution is 5.23. The Morgan fingerprint density at radius 2 is 2.33 bits per heavy atom. The highest BCUT2D eigenvalue weighted by Crippen LogP contribution is 2.04. The van der Waals surface area contributed by atoms with Crippen molar-refractivity contribution in [3.05, 3.63) is 24.4 Å². The van der Waals surface area contributed by atoms with Gasteiger partial charge in [0.05, 0.1) is 0 Å². The van der Waals surface area contributed by atoms with Gasteiger partial charge in [-0.25, -0.2) is 4.98 Å². The molecular formula is C5H4FN3. The molecule has 1 aromatic rings. The largest absolute Gasteiger partial charge is 0.236 e. The van der Waals surface area contributed by atoms with E-state index in [0.717, 1.165) is 0 Å². The molecule has 1 aromatic heterocycles. The predicted octanol–water partition coefficient (Wildman–Crippen LogP) is 2.05. The summed E-state index contributed by atoms with van der Waals surface area (Å²) in [4.78, 5) is 3.67. The van der Waals surface area contributed by atoms with Crippen LogP contribution in [0.2, 0.25) is 0 Å². The van der Waals surface area contributed by atoms with Crippen LogP contribution >= 0.6 is 0 Å². The molecule has 0 aliphatic heterocycles. The van der Waals surface area contributed by atoms with Crippen LogP contribution in [0.1, 0.15) is 0 Å². The molecular weight excluding hydrogens is 121 g/mol. The first-order chi connectivity index (χ1) is 4.43. The van der Waals surface area contributed by atoms with E-state index in [1.54, 1.807) is 18.2 Å². The van der Waals surface area contributed by atoms with Gasteiger partial charge in [-0.15, -0.1) is 5.11 Å². The van der Waals surface area contributed by atoms with Crippen LogP contribution in [-0.4, -0.2) is 4.98 Å². The van der Waals surface area contributed by atoms with E-state index in [-0.39, 0.29) is 5.82 Å². The Labute approximate surface area is 51.2 Å². The number of rotatable bonds is 1. The lowest BCUT2D eigenvalue weighted by atomic mass is 10.5. The fourth-order valence-corrected chi connectivity index (χ4v) is 0.452. The van der Waals surface area contributed by atoms with E-state index >= 15 is 0 Å². The molecule has 0 saturated carbocycles. The van der Waals surface area contributed by atoms with Crippen molar-refractivity contribution in [2.45, 2.75) is 0 Å². The lowest BCUT2D eigenvalue weighted by Gasteiger charge is -1.82. The Hall–Kier alpha value is -1.32. The maximum absolute atomic E-state index is 11.1. The van der Waals surface area contributed by atoms with E-state index in [1.807, 2.05) is 0 Å². The fraction of sp³-hybridized carbons (Fsp3) is 0. The molecule has 0 radical (unpaired) electrons. The summed E-state index contributed by atoms with van der Waals surface area (Å²) >= 11 is 0. The van der Waals surface area contributed by atoms with Gasteiger partial charge in [0.15, 0.2) is 5.82 Å². The first-order valence-corrected chi connectivity index (χ1v) is 2.36. The van der Waals surface area contributed by atoms with E-state index in [2.05, 4.69) is 15.4 Å². The van der Waals surface area contributed by atoms with Crippen LogP contribution in [0.4, 0.5) is 10.3 Å². The highest BCUT2D eigenvalue weighted by atomic mass is 19.2. The molecule has 0 bridgehead atoms. The molecule has 0 aliphatic rings. The monoisotopic (exact) mass is 125 g/mol. The van der Waals surface area contributed by atoms with Gasteiger partial charge in [-0.05, 0) is 12.1 Å². The summed E-state index contributed by atoms with van der Waals surface area (Å²) in [7, 11) is 0. The van der Waals surface area contributed by atoms with Crippen LogP contribution in [0.5, 0.6) is 0 Å². The maximum Gasteiger partial charge on any atom is 0.176 e. The minimum Gasteiger partial charge on any atom is -0.236 e. The van der Waals surface area contributed by atoms with Crippen molar-refractivity contribution in [2.24, 2.45) is 10.5 Å². The molecule has 1 rings (SSSR count). The minimum absolute atomic E-state index is 0.278. The van der Waals surface area contributed by atoms with Gasteiger partial charge < -0.3 is 0 Å². The lowest BCUT2D eigenvalue weighted by molar-refractivity contribution is 0.492. The van der Waals surface area contributed by atoms with E-state index < -0.39 is 0 Å². The molecule has 0 unspecified atom stereocenters. The average molecular weight is 125 g/mol. The van der Waals surface area contributed by atoms with Crippen molar-refractivity contribution in [2.75, 3.05) is 0 Å². The number of hydrogen-bond donors (Lipinski definition) is 0. The third-order valence-corrected chi connectivity index (χ3v) is 0.790. The Balaban J connectivity index is 2.85. The SMILES string of the molecule is F/N=N\c1ccccn1. The Bertz CT molecular complexity index is 197. The highest BCUT2D eigenvalue weighted by Gasteiger charge is 1.83. The summed E-state index contributed by atoms with van der Waals surface area (Å²) in [6, 6.07) is 4.98. The first-order valence-electron chi connectivity index (χ1n) is 2.36. The van der Waals surface area contributed by atoms with Crippen LogP contribution < -0.4 is 0 Å². The summed E-state index contributed by atoms with van der Waals surface area (Å²) in [5, 5.41) is 5.12. The third-order valence-electron chi connectivity index (χ3n) is 0.790. The fourth-order valence-electron chi connectivity index (χ4n) is 0.452. The second kappa shape index (κ2) is 2.86. The standard InChI is InChI=1S/C5H4FN3/c6-9-8-5-3-1-2-4-7-5/h1-4H/b9-8-. The topological polar surface area (TPSA) is 37.6 Å². The van der Waals surface area contributed by atoms with E-state index in [0.29, 0.717) is 0 Å². The van der Waals surface area contributed by atoms with Gasteiger partial charge in [-0.3, -0.25) is 0 Å². The normalized spacial score (nSPS) is 10.3. The second-order valence-electron chi connectivity index (χ2n) is 1.36. The van der Waals surface area contributed by atoms with Crippen molar-refractivity contribution in [3.63, 3.8) is 0 Å². The van der Waals surface area contributed by atoms with Crippen molar-refractivity contribution in [1.29, 1.82) is 0 Å². The van der Waals surface area contributed by atoms with E-state index in [9.17, 15) is 4.48 Å². The smallest absolute Gasteiger partial charge is 0.176 e. The van der Waals surface area contributed by atoms with Crippen LogP contribution in [-0.2, 0) is 0 Å². The Kier molecular flexibility index (Phi) is 1.85. The molecule has 9 heavy (non-hydrogen) atoms. The van der Waals surface area contributed by atoms with Gasteiger partial charge >= 0.3 is 0 Å². The van der Waals surface area contributed by atoms with Crippen LogP contribution in [0.3, 0.4) is 0 Å². The first kappa shape index (κ1) is 5.81. The zero-order chi connectivity index (χ0) is 6.53. The van der Waals surface area contributed by atoms with Gasteiger partial charge in [-0.2, -0.15) is 0 Å². The summed E-state index contributed by atoms with van der Waals surface area (Å²) in [6.07, 6.45) is 1.52. The van der Waals surface area contributed by atoms with Gasteiger partial charge in [0, 0.05) is 11.5 Å². The Morgan fingerprint density at radius 1 is 1.44 bits per heavy atom. The number of nitrogens with zero attached hydrogens (tertiary/aromatic N) is 3. The van der Waals surface area contributed by atoms with Crippen molar-refractivity contribution >= 4 is 5.82 Å². The lowest BCUT2D eigenvalue weighted by Crippen LogP contribution is -1.66. The van der Waals surface area contributed by atoms with E-state index in [4.69, 9.17) is 0 Å². The van der Waals surface area contributed by atoms with Gasteiger partial charge in [-0.1, -0.05) is 10.5 Å². The van der Waals surface area contributed by atoms with Crippen LogP contribution in [0.15, 0.2) is 34.8 Å². The third kappa shape index (κ3) is 1.56. The van der Waals surface area contributed by atoms with Crippen molar-refractivity contribution < 1.29 is 4.48 Å². The molecule has 0 aromatic carbocycles. The zero-order valence-corrected chi connectivity index (χ0v) is 4.53. The van der Waals surface area contributed by atoms with Gasteiger partial charge in [0.25, 0.3) is 0 Å². The summed E-state index contributed by atoms with van der Waals surface area (Å²) in [5.41, 5.74) is 0. The minimum atomic E-state index is 0.278. The predicted molar refractivity (Wildman–Crippen MR) is 29.9 cm³/mol. The van der Waals surface area contributed by atoms with Crippen LogP contribution in [0.25, 0.3) is 0 Å². The van der Waals surface area contributed by atoms with Gasteiger partial charge in [0.1, 0.15) is 0 Å². The number of pyridine rings is 1. The molecule has 3 nitrogen and oxygen atoms in total. The number of hydrogen-bond acceptors (Lipinski definition) is 3. The molecule has 0 fully saturated rings. The molecule has 46 valence electrons. The molecule has 0 saturated heterocycles. The molecule has 4 heteroatoms. The molecule has 0 spiro atoms. The van der Waals surface area contributed by atoms with Crippen LogP contribution in [0, 0.1) is 0 Å². The zero-order valence-electron chi connectivity index (χ0n) is 4.53. The summed E-state index contributed by atoms with van der Waals surface area (Å²) in [5.74, 6) is 0.278. The average Bonchev–Trinajstić information content (AvgIpc) is 1.91. The van der Waals surface area contributed by atoms with E-state index in [1.165, 1.54) is 6.20 Å².